The molecule has 0 aliphatic carbocycles. The van der Waals surface area contributed by atoms with E-state index in [0.717, 1.165) is 5.56 Å². The third kappa shape index (κ3) is 5.28. The van der Waals surface area contributed by atoms with Crippen molar-refractivity contribution in [1.29, 1.82) is 0 Å². The minimum Gasteiger partial charge on any atom is -0.496 e. The number of rotatable bonds is 10. The summed E-state index contributed by atoms with van der Waals surface area (Å²) in [5.74, 6) is 1.16. The molecule has 0 radical (unpaired) electrons. The predicted octanol–water partition coefficient (Wildman–Crippen LogP) is 3.77. The maximum Gasteiger partial charge on any atom is 0.338 e. The molecular weight excluding hydrogens is 504 g/mol. The van der Waals surface area contributed by atoms with Crippen LogP contribution in [-0.2, 0) is 9.53 Å². The van der Waals surface area contributed by atoms with Crippen molar-refractivity contribution in [3.63, 3.8) is 0 Å². The molecule has 1 aromatic heterocycles. The third-order valence-electron chi connectivity index (χ3n) is 5.88. The van der Waals surface area contributed by atoms with Crippen molar-refractivity contribution in [2.45, 2.75) is 26.8 Å². The lowest BCUT2D eigenvalue weighted by molar-refractivity contribution is -0.139. The van der Waals surface area contributed by atoms with Gasteiger partial charge in [-0.15, -0.1) is 0 Å². The third-order valence-corrected chi connectivity index (χ3v) is 6.87. The molecule has 1 aliphatic rings. The second-order valence-corrected chi connectivity index (χ2v) is 9.29. The molecule has 9 heteroatoms. The Labute approximate surface area is 224 Å². The molecule has 3 aromatic rings. The predicted molar refractivity (Wildman–Crippen MR) is 147 cm³/mol. The first-order chi connectivity index (χ1) is 18.4. The van der Waals surface area contributed by atoms with E-state index < -0.39 is 12.0 Å². The number of ether oxygens (including phenoxy) is 4. The van der Waals surface area contributed by atoms with Crippen molar-refractivity contribution in [2.24, 2.45) is 4.99 Å². The number of fused-ring (bicyclic) bond motifs is 1. The van der Waals surface area contributed by atoms with E-state index in [9.17, 15) is 9.59 Å². The lowest BCUT2D eigenvalue weighted by atomic mass is 9.95. The lowest BCUT2D eigenvalue weighted by Gasteiger charge is -2.25. The number of para-hydroxylation sites is 1. The fourth-order valence-electron chi connectivity index (χ4n) is 4.26. The zero-order valence-electron chi connectivity index (χ0n) is 21.9. The van der Waals surface area contributed by atoms with Gasteiger partial charge in [0.05, 0.1) is 42.2 Å². The number of esters is 1. The van der Waals surface area contributed by atoms with Crippen molar-refractivity contribution in [3.05, 3.63) is 97.2 Å². The van der Waals surface area contributed by atoms with Gasteiger partial charge >= 0.3 is 5.97 Å². The summed E-state index contributed by atoms with van der Waals surface area (Å²) in [7, 11) is 1.58. The average molecular weight is 535 g/mol. The second-order valence-electron chi connectivity index (χ2n) is 8.28. The Morgan fingerprint density at radius 2 is 1.89 bits per heavy atom. The molecule has 1 atom stereocenters. The van der Waals surface area contributed by atoms with Gasteiger partial charge < -0.3 is 18.9 Å². The summed E-state index contributed by atoms with van der Waals surface area (Å²) in [6.07, 6.45) is 3.43. The Kier molecular flexibility index (Phi) is 8.48. The quantitative estimate of drug-likeness (QED) is 0.291. The highest BCUT2D eigenvalue weighted by Crippen LogP contribution is 2.36. The number of benzene rings is 2. The largest absolute Gasteiger partial charge is 0.496 e. The summed E-state index contributed by atoms with van der Waals surface area (Å²) < 4.78 is 24.4. The van der Waals surface area contributed by atoms with Gasteiger partial charge in [0.1, 0.15) is 12.4 Å². The minimum atomic E-state index is -0.766. The fraction of sp³-hybridized carbons (Fsp3) is 0.276. The molecule has 4 rings (SSSR count). The highest BCUT2D eigenvalue weighted by atomic mass is 32.1. The molecule has 0 spiro atoms. The summed E-state index contributed by atoms with van der Waals surface area (Å²) in [6, 6.07) is 12.1. The molecule has 2 heterocycles. The molecule has 0 N–H and O–H groups in total. The van der Waals surface area contributed by atoms with Gasteiger partial charge in [-0.05, 0) is 50.6 Å². The topological polar surface area (TPSA) is 88.4 Å². The monoisotopic (exact) mass is 534 g/mol. The number of carbonyl (C=O) groups is 1. The number of hydrogen-bond donors (Lipinski definition) is 0. The summed E-state index contributed by atoms with van der Waals surface area (Å²) in [5.41, 5.74) is 1.94. The van der Waals surface area contributed by atoms with E-state index in [1.165, 1.54) is 11.3 Å². The molecule has 38 heavy (non-hydrogen) atoms. The molecule has 0 unspecified atom stereocenters. The van der Waals surface area contributed by atoms with Crippen molar-refractivity contribution < 1.29 is 23.7 Å². The zero-order chi connectivity index (χ0) is 27.2. The number of methoxy groups -OCH3 is 1. The van der Waals surface area contributed by atoms with Crippen LogP contribution in [0.1, 0.15) is 37.9 Å². The van der Waals surface area contributed by atoms with Crippen LogP contribution in [0.15, 0.2) is 76.2 Å². The molecular formula is C29H30N2O6S. The lowest BCUT2D eigenvalue weighted by Crippen LogP contribution is -2.40. The zero-order valence-corrected chi connectivity index (χ0v) is 22.7. The van der Waals surface area contributed by atoms with Crippen LogP contribution in [0.25, 0.3) is 6.08 Å². The van der Waals surface area contributed by atoms with Crippen LogP contribution < -0.4 is 29.1 Å². The fourth-order valence-corrected chi connectivity index (χ4v) is 5.30. The van der Waals surface area contributed by atoms with Gasteiger partial charge in [0, 0.05) is 5.56 Å². The first kappa shape index (κ1) is 26.9. The Balaban J connectivity index is 1.95. The number of carbonyl (C=O) groups excluding carboxylic acids is 1. The second kappa shape index (κ2) is 12.0. The van der Waals surface area contributed by atoms with Gasteiger partial charge in [0.25, 0.3) is 5.56 Å². The number of allylic oxidation sites excluding steroid dienone is 1. The van der Waals surface area contributed by atoms with E-state index in [0.29, 0.717) is 56.6 Å². The van der Waals surface area contributed by atoms with Gasteiger partial charge in [-0.1, -0.05) is 48.3 Å². The summed E-state index contributed by atoms with van der Waals surface area (Å²) in [4.78, 5) is 32.1. The highest BCUT2D eigenvalue weighted by molar-refractivity contribution is 7.07. The van der Waals surface area contributed by atoms with Crippen molar-refractivity contribution in [2.75, 3.05) is 26.9 Å². The van der Waals surface area contributed by atoms with Gasteiger partial charge in [-0.2, -0.15) is 0 Å². The number of thiazole rings is 1. The summed E-state index contributed by atoms with van der Waals surface area (Å²) in [5, 5.41) is 0. The molecule has 2 aromatic carbocycles. The van der Waals surface area contributed by atoms with E-state index in [2.05, 4.69) is 11.6 Å². The van der Waals surface area contributed by atoms with E-state index in [4.69, 9.17) is 18.9 Å². The Morgan fingerprint density at radius 3 is 2.61 bits per heavy atom. The first-order valence-electron chi connectivity index (χ1n) is 12.3. The van der Waals surface area contributed by atoms with Crippen LogP contribution in [-0.4, -0.2) is 37.5 Å². The Morgan fingerprint density at radius 1 is 1.11 bits per heavy atom. The maximum absolute atomic E-state index is 13.9. The minimum absolute atomic E-state index is 0.194. The molecule has 1 aliphatic heterocycles. The maximum atomic E-state index is 13.9. The molecule has 8 nitrogen and oxygen atoms in total. The molecule has 0 saturated heterocycles. The number of hydrogen-bond acceptors (Lipinski definition) is 8. The average Bonchev–Trinajstić information content (AvgIpc) is 3.21. The van der Waals surface area contributed by atoms with Gasteiger partial charge in [0.15, 0.2) is 16.3 Å². The van der Waals surface area contributed by atoms with E-state index in [1.807, 2.05) is 37.3 Å². The molecule has 0 bridgehead atoms. The summed E-state index contributed by atoms with van der Waals surface area (Å²) >= 11 is 1.25. The van der Waals surface area contributed by atoms with E-state index in [1.54, 1.807) is 49.8 Å². The van der Waals surface area contributed by atoms with Gasteiger partial charge in [-0.25, -0.2) is 9.79 Å². The van der Waals surface area contributed by atoms with Crippen LogP contribution in [0.3, 0.4) is 0 Å². The SMILES string of the molecule is C=CCOc1ccc([C@H]2C(C(=O)OCC)=C(C)N=c3s/c(=C/c4ccccc4OC)c(=O)n32)cc1OCC. The highest BCUT2D eigenvalue weighted by Gasteiger charge is 2.34. The molecule has 0 amide bonds. The van der Waals surface area contributed by atoms with Crippen molar-refractivity contribution in [1.82, 2.24) is 4.57 Å². The van der Waals surface area contributed by atoms with Crippen molar-refractivity contribution >= 4 is 23.4 Å². The van der Waals surface area contributed by atoms with E-state index in [-0.39, 0.29) is 12.2 Å². The van der Waals surface area contributed by atoms with Crippen LogP contribution >= 0.6 is 11.3 Å². The van der Waals surface area contributed by atoms with Gasteiger partial charge in [-0.3, -0.25) is 9.36 Å². The molecule has 0 fully saturated rings. The first-order valence-corrected chi connectivity index (χ1v) is 13.1. The Bertz CT molecular complexity index is 1570. The Hall–Kier alpha value is -4.11. The van der Waals surface area contributed by atoms with Crippen molar-refractivity contribution in [3.8, 4) is 17.2 Å². The van der Waals surface area contributed by atoms with Crippen LogP contribution in [0.2, 0.25) is 0 Å². The molecule has 198 valence electrons. The smallest absolute Gasteiger partial charge is 0.338 e. The van der Waals surface area contributed by atoms with Crippen LogP contribution in [0.5, 0.6) is 17.2 Å². The van der Waals surface area contributed by atoms with Crippen LogP contribution in [0, 0.1) is 0 Å². The number of nitrogens with zero attached hydrogens (tertiary/aromatic N) is 2. The standard InChI is InChI=1S/C29H30N2O6S/c1-6-15-37-22-14-13-20(16-23(22)35-7-2)26-25(28(33)36-8-3)18(4)30-29-31(26)27(32)24(38-29)17-19-11-9-10-12-21(19)34-5/h6,9-14,16-17,26H,1,7-8,15H2,2-5H3/b24-17+/t26-/m0/s1. The number of aromatic nitrogens is 1. The van der Waals surface area contributed by atoms with E-state index >= 15 is 0 Å². The van der Waals surface area contributed by atoms with Gasteiger partial charge in [0.2, 0.25) is 0 Å². The van der Waals surface area contributed by atoms with Crippen LogP contribution in [0.4, 0.5) is 0 Å². The normalized spacial score (nSPS) is 14.9. The molecule has 0 saturated carbocycles. The summed E-state index contributed by atoms with van der Waals surface area (Å²) in [6.45, 7) is 9.98.